The van der Waals surface area contributed by atoms with E-state index >= 15 is 0 Å². The number of β-amino-alcohol motifs (C(OH)–C–C–N with tert-alkyl or cyclic N) is 1. The lowest BCUT2D eigenvalue weighted by Gasteiger charge is -2.37. The van der Waals surface area contributed by atoms with Gasteiger partial charge >= 0.3 is 12.4 Å². The number of nitrogens with zero attached hydrogens (tertiary/aromatic N) is 3. The van der Waals surface area contributed by atoms with E-state index in [1.165, 1.54) is 60.7 Å². The van der Waals surface area contributed by atoms with Gasteiger partial charge in [0.1, 0.15) is 0 Å². The fourth-order valence-corrected chi connectivity index (χ4v) is 7.62. The highest BCUT2D eigenvalue weighted by atomic mass is 32.2. The Kier molecular flexibility index (Phi) is 10.2. The Hall–Kier alpha value is -4.05. The molecule has 2 aliphatic rings. The number of hydrogen-bond acceptors (Lipinski definition) is 7. The number of amides is 1. The van der Waals surface area contributed by atoms with Crippen LogP contribution in [-0.2, 0) is 22.6 Å². The first-order valence-corrected chi connectivity index (χ1v) is 18.3. The number of rotatable bonds is 8. The number of pyridine rings is 1. The van der Waals surface area contributed by atoms with Gasteiger partial charge < -0.3 is 10.4 Å². The molecular weight excluding hydrogens is 698 g/mol. The summed E-state index contributed by atoms with van der Waals surface area (Å²) in [6, 6.07) is 12.5. The summed E-state index contributed by atoms with van der Waals surface area (Å²) in [5.74, 6) is -1.19. The minimum absolute atomic E-state index is 0.0123. The number of halogens is 6. The van der Waals surface area contributed by atoms with E-state index in [0.29, 0.717) is 38.9 Å². The summed E-state index contributed by atoms with van der Waals surface area (Å²) in [6.45, 7) is 2.19. The monoisotopic (exact) mass is 734 g/mol. The third-order valence-electron chi connectivity index (χ3n) is 9.56. The largest absolute Gasteiger partial charge is 0.416 e. The van der Waals surface area contributed by atoms with E-state index in [-0.39, 0.29) is 56.3 Å². The molecule has 4 aromatic rings. The van der Waals surface area contributed by atoms with Crippen molar-refractivity contribution in [3.63, 3.8) is 0 Å². The molecule has 1 aromatic heterocycles. The Bertz CT molecular complexity index is 2020. The van der Waals surface area contributed by atoms with Gasteiger partial charge in [-0.1, -0.05) is 42.5 Å². The average Bonchev–Trinajstić information content (AvgIpc) is 3.52. The molecule has 8 nitrogen and oxygen atoms in total. The smallest absolute Gasteiger partial charge is 0.392 e. The summed E-state index contributed by atoms with van der Waals surface area (Å²) in [6.07, 6.45) is -7.11. The van der Waals surface area contributed by atoms with E-state index < -0.39 is 45.8 Å². The summed E-state index contributed by atoms with van der Waals surface area (Å²) in [5, 5.41) is 12.1. The SMILES string of the molecule is CS(=O)(=O)c1ccc2nc(-c3cccc(C(F)(F)F)c3)c(CN3CCC(N4CC[C@@H](O)C4)CC3)c(C(=O)NC(c3ccccc3)C(F)(F)F)c2c1. The molecule has 6 rings (SSSR count). The maximum atomic E-state index is 14.5. The number of piperidine rings is 1. The normalized spacial score (nSPS) is 19.0. The molecule has 0 bridgehead atoms. The first-order chi connectivity index (χ1) is 24.0. The van der Waals surface area contributed by atoms with Crippen molar-refractivity contribution in [2.75, 3.05) is 32.4 Å². The second-order valence-electron chi connectivity index (χ2n) is 13.1. The number of alkyl halides is 6. The number of aliphatic hydroxyl groups excluding tert-OH is 1. The maximum Gasteiger partial charge on any atom is 0.416 e. The minimum Gasteiger partial charge on any atom is -0.392 e. The van der Waals surface area contributed by atoms with Crippen molar-refractivity contribution in [2.24, 2.45) is 0 Å². The molecule has 272 valence electrons. The zero-order chi connectivity index (χ0) is 36.7. The van der Waals surface area contributed by atoms with Crippen molar-refractivity contribution < 1.29 is 44.7 Å². The predicted octanol–water partition coefficient (Wildman–Crippen LogP) is 6.39. The first kappa shape index (κ1) is 36.7. The molecule has 2 atom stereocenters. The molecule has 15 heteroatoms. The molecular formula is C36H36F6N4O4S. The fourth-order valence-electron chi connectivity index (χ4n) is 6.98. The average molecular weight is 735 g/mol. The summed E-state index contributed by atoms with van der Waals surface area (Å²) < 4.78 is 111. The van der Waals surface area contributed by atoms with Gasteiger partial charge in [-0.25, -0.2) is 13.4 Å². The van der Waals surface area contributed by atoms with Crippen molar-refractivity contribution in [3.05, 3.63) is 95.1 Å². The maximum absolute atomic E-state index is 14.5. The zero-order valence-corrected chi connectivity index (χ0v) is 28.3. The summed E-state index contributed by atoms with van der Waals surface area (Å²) >= 11 is 0. The molecule has 0 aliphatic carbocycles. The topological polar surface area (TPSA) is 103 Å². The van der Waals surface area contributed by atoms with Gasteiger partial charge in [0.15, 0.2) is 15.9 Å². The van der Waals surface area contributed by atoms with Crippen molar-refractivity contribution in [2.45, 2.75) is 61.2 Å². The highest BCUT2D eigenvalue weighted by molar-refractivity contribution is 7.90. The molecule has 0 radical (unpaired) electrons. The lowest BCUT2D eigenvalue weighted by molar-refractivity contribution is -0.155. The van der Waals surface area contributed by atoms with Crippen molar-refractivity contribution in [1.29, 1.82) is 0 Å². The van der Waals surface area contributed by atoms with Gasteiger partial charge in [0.25, 0.3) is 5.91 Å². The number of aliphatic hydroxyl groups is 1. The van der Waals surface area contributed by atoms with Crippen LogP contribution in [0.4, 0.5) is 26.3 Å². The van der Waals surface area contributed by atoms with Crippen LogP contribution in [0.25, 0.3) is 22.2 Å². The summed E-state index contributed by atoms with van der Waals surface area (Å²) in [5.41, 5.74) is -1.53. The van der Waals surface area contributed by atoms with Crippen molar-refractivity contribution in [1.82, 2.24) is 20.1 Å². The van der Waals surface area contributed by atoms with Crippen LogP contribution >= 0.6 is 0 Å². The zero-order valence-electron chi connectivity index (χ0n) is 27.5. The number of sulfone groups is 1. The highest BCUT2D eigenvalue weighted by Crippen LogP contribution is 2.38. The molecule has 2 fully saturated rings. The van der Waals surface area contributed by atoms with Gasteiger partial charge in [0, 0.05) is 48.4 Å². The van der Waals surface area contributed by atoms with E-state index in [0.717, 1.165) is 24.9 Å². The predicted molar refractivity (Wildman–Crippen MR) is 178 cm³/mol. The van der Waals surface area contributed by atoms with E-state index in [2.05, 4.69) is 15.2 Å². The van der Waals surface area contributed by atoms with Gasteiger partial charge in [-0.05, 0) is 68.2 Å². The van der Waals surface area contributed by atoms with Gasteiger partial charge in [0.05, 0.1) is 33.3 Å². The summed E-state index contributed by atoms with van der Waals surface area (Å²) in [7, 11) is -3.87. The first-order valence-electron chi connectivity index (χ1n) is 16.4. The molecule has 0 saturated carbocycles. The molecule has 2 N–H and O–H groups in total. The molecule has 3 heterocycles. The van der Waals surface area contributed by atoms with Gasteiger partial charge in [-0.15, -0.1) is 0 Å². The standard InChI is InChI=1S/C36H36F6N4O4S/c1-51(49,50)27-10-11-30-28(19-27)31(34(48)44-33(36(40,41)42)22-6-3-2-4-7-22)29(32(43-30)23-8-5-9-24(18-23)35(37,38)39)21-45-15-12-25(13-16-45)46-17-14-26(47)20-46/h2-11,18-19,25-26,33,47H,12-17,20-21H2,1H3,(H,44,48)/t26-,33?/m1/s1. The Morgan fingerprint density at radius 1 is 0.941 bits per heavy atom. The third-order valence-corrected chi connectivity index (χ3v) is 10.7. The number of aromatic nitrogens is 1. The Morgan fingerprint density at radius 2 is 1.65 bits per heavy atom. The molecule has 51 heavy (non-hydrogen) atoms. The lowest BCUT2D eigenvalue weighted by atomic mass is 9.93. The fraction of sp³-hybridized carbons (Fsp3) is 0.389. The number of hydrogen-bond donors (Lipinski definition) is 2. The number of carbonyl (C=O) groups is 1. The number of nitrogens with one attached hydrogen (secondary N) is 1. The van der Waals surface area contributed by atoms with E-state index in [1.807, 2.05) is 4.90 Å². The molecule has 3 aromatic carbocycles. The second-order valence-corrected chi connectivity index (χ2v) is 15.2. The van der Waals surface area contributed by atoms with Gasteiger partial charge in [0.2, 0.25) is 0 Å². The Morgan fingerprint density at radius 3 is 2.25 bits per heavy atom. The van der Waals surface area contributed by atoms with Crippen LogP contribution in [0, 0.1) is 0 Å². The van der Waals surface area contributed by atoms with Crippen LogP contribution in [0.1, 0.15) is 52.4 Å². The number of fused-ring (bicyclic) bond motifs is 1. The van der Waals surface area contributed by atoms with Gasteiger partial charge in [-0.2, -0.15) is 26.3 Å². The molecule has 0 spiro atoms. The quantitative estimate of drug-likeness (QED) is 0.203. The number of likely N-dealkylation sites (tertiary alicyclic amines) is 2. The Balaban J connectivity index is 1.52. The van der Waals surface area contributed by atoms with Crippen LogP contribution in [0.3, 0.4) is 0 Å². The number of benzene rings is 3. The molecule has 2 saturated heterocycles. The van der Waals surface area contributed by atoms with E-state index in [9.17, 15) is 44.7 Å². The van der Waals surface area contributed by atoms with Crippen LogP contribution in [0.15, 0.2) is 77.7 Å². The number of carbonyl (C=O) groups excluding carboxylic acids is 1. The third kappa shape index (κ3) is 8.21. The van der Waals surface area contributed by atoms with Crippen LogP contribution in [0.5, 0.6) is 0 Å². The van der Waals surface area contributed by atoms with Gasteiger partial charge in [-0.3, -0.25) is 14.6 Å². The van der Waals surface area contributed by atoms with E-state index in [4.69, 9.17) is 0 Å². The summed E-state index contributed by atoms with van der Waals surface area (Å²) in [4.78, 5) is 23.0. The highest BCUT2D eigenvalue weighted by Gasteiger charge is 2.43. The van der Waals surface area contributed by atoms with Crippen molar-refractivity contribution >= 4 is 26.6 Å². The molecule has 2 aliphatic heterocycles. The molecule has 1 unspecified atom stereocenters. The van der Waals surface area contributed by atoms with E-state index in [1.54, 1.807) is 0 Å². The minimum atomic E-state index is -4.94. The molecule has 1 amide bonds. The van der Waals surface area contributed by atoms with Crippen molar-refractivity contribution in [3.8, 4) is 11.3 Å². The lowest BCUT2D eigenvalue weighted by Crippen LogP contribution is -2.44. The van der Waals surface area contributed by atoms with Crippen LogP contribution in [0.2, 0.25) is 0 Å². The Labute approximate surface area is 291 Å². The second kappa shape index (κ2) is 14.2. The van der Waals surface area contributed by atoms with Crippen LogP contribution < -0.4 is 5.32 Å². The van der Waals surface area contributed by atoms with Crippen LogP contribution in [-0.4, -0.2) is 85.0 Å².